The van der Waals surface area contributed by atoms with Gasteiger partial charge in [0.05, 0.1) is 6.61 Å². The normalized spacial score (nSPS) is 17.4. The number of unbranched alkanes of at least 4 members (excludes halogenated alkanes) is 5. The number of fused-ring (bicyclic) bond motifs is 2. The van der Waals surface area contributed by atoms with Gasteiger partial charge in [0.15, 0.2) is 0 Å². The summed E-state index contributed by atoms with van der Waals surface area (Å²) in [5.41, 5.74) is 7.84. The summed E-state index contributed by atoms with van der Waals surface area (Å²) in [5.74, 6) is 2.05. The first-order chi connectivity index (χ1) is 21.5. The molecule has 0 aromatic heterocycles. The third-order valence-electron chi connectivity index (χ3n) is 11.8. The highest BCUT2D eigenvalue weighted by Gasteiger charge is 2.38. The standard InChI is InChI=1S/C42H69O3P/c1-15-20-21-22-23-24-25-43-46-44-37-33(26-31(39(7,8)16-2)28-35(37)41(11,12)18-4)30(6)34-27-32(40(9,10)17-3)29-36(38(34)45-46)42(13,14)19-5/h26-30H,15-25H2,1-14H3. The predicted molar refractivity (Wildman–Crippen MR) is 201 cm³/mol. The Morgan fingerprint density at radius 2 is 0.957 bits per heavy atom. The SMILES string of the molecule is CCCCCCCCOP1Oc2c(cc(C(C)(C)CC)cc2C(C)(C)CC)C(C)c2cc(C(C)(C)CC)cc(C(C)(C)CC)c2O1. The van der Waals surface area contributed by atoms with E-state index in [1.165, 1.54) is 65.5 Å². The smallest absolute Gasteiger partial charge is 0.417 e. The fraction of sp³-hybridized carbons (Fsp3) is 0.714. The van der Waals surface area contributed by atoms with Crippen LogP contribution in [0.15, 0.2) is 24.3 Å². The molecule has 0 amide bonds. The molecule has 0 bridgehead atoms. The van der Waals surface area contributed by atoms with Gasteiger partial charge in [-0.15, -0.1) is 0 Å². The van der Waals surface area contributed by atoms with E-state index in [0.29, 0.717) is 6.61 Å². The van der Waals surface area contributed by atoms with Crippen molar-refractivity contribution in [1.29, 1.82) is 0 Å². The lowest BCUT2D eigenvalue weighted by Crippen LogP contribution is -2.25. The zero-order chi connectivity index (χ0) is 34.5. The molecule has 1 heterocycles. The number of hydrogen-bond acceptors (Lipinski definition) is 3. The van der Waals surface area contributed by atoms with Crippen LogP contribution in [0.2, 0.25) is 0 Å². The van der Waals surface area contributed by atoms with E-state index >= 15 is 0 Å². The molecule has 0 fully saturated rings. The molecule has 0 N–H and O–H groups in total. The van der Waals surface area contributed by atoms with E-state index in [4.69, 9.17) is 13.6 Å². The van der Waals surface area contributed by atoms with Crippen molar-refractivity contribution in [2.75, 3.05) is 6.61 Å². The summed E-state index contributed by atoms with van der Waals surface area (Å²) in [6, 6.07) is 9.78. The molecule has 46 heavy (non-hydrogen) atoms. The van der Waals surface area contributed by atoms with Gasteiger partial charge < -0.3 is 9.05 Å². The van der Waals surface area contributed by atoms with Crippen molar-refractivity contribution in [2.24, 2.45) is 0 Å². The van der Waals surface area contributed by atoms with E-state index in [1.807, 2.05) is 0 Å². The van der Waals surface area contributed by atoms with E-state index in [9.17, 15) is 0 Å². The van der Waals surface area contributed by atoms with Crippen LogP contribution >= 0.6 is 8.60 Å². The van der Waals surface area contributed by atoms with Crippen molar-refractivity contribution in [3.63, 3.8) is 0 Å². The molecule has 1 aliphatic rings. The van der Waals surface area contributed by atoms with Crippen LogP contribution in [-0.4, -0.2) is 6.61 Å². The minimum Gasteiger partial charge on any atom is -0.417 e. The third kappa shape index (κ3) is 8.71. The van der Waals surface area contributed by atoms with Gasteiger partial charge in [0.2, 0.25) is 0 Å². The van der Waals surface area contributed by atoms with Gasteiger partial charge in [-0.25, -0.2) is 0 Å². The number of rotatable bonds is 16. The van der Waals surface area contributed by atoms with Crippen molar-refractivity contribution in [1.82, 2.24) is 0 Å². The lowest BCUT2D eigenvalue weighted by molar-refractivity contribution is 0.252. The van der Waals surface area contributed by atoms with Crippen LogP contribution in [0.5, 0.6) is 11.5 Å². The van der Waals surface area contributed by atoms with Crippen molar-refractivity contribution in [2.45, 2.75) is 189 Å². The van der Waals surface area contributed by atoms with Crippen molar-refractivity contribution in [3.8, 4) is 11.5 Å². The highest BCUT2D eigenvalue weighted by molar-refractivity contribution is 7.42. The summed E-state index contributed by atoms with van der Waals surface area (Å²) in [6.07, 6.45) is 11.5. The second-order valence-corrected chi connectivity index (χ2v) is 17.6. The first kappa shape index (κ1) is 38.9. The molecule has 0 saturated heterocycles. The van der Waals surface area contributed by atoms with Gasteiger partial charge >= 0.3 is 8.60 Å². The molecule has 2 aromatic carbocycles. The van der Waals surface area contributed by atoms with E-state index in [1.54, 1.807) is 0 Å². The van der Waals surface area contributed by atoms with Crippen LogP contribution in [0, 0.1) is 0 Å². The van der Waals surface area contributed by atoms with Crippen LogP contribution in [0.25, 0.3) is 0 Å². The molecule has 3 rings (SSSR count). The Hall–Kier alpha value is -1.57. The van der Waals surface area contributed by atoms with Crippen LogP contribution in [0.1, 0.15) is 200 Å². The molecule has 260 valence electrons. The van der Waals surface area contributed by atoms with Gasteiger partial charge in [0.25, 0.3) is 0 Å². The first-order valence-electron chi connectivity index (χ1n) is 18.7. The molecule has 3 nitrogen and oxygen atoms in total. The van der Waals surface area contributed by atoms with Gasteiger partial charge in [-0.05, 0) is 64.9 Å². The molecular formula is C42H69O3P. The molecule has 0 saturated carbocycles. The van der Waals surface area contributed by atoms with Crippen LogP contribution < -0.4 is 9.05 Å². The summed E-state index contributed by atoms with van der Waals surface area (Å²) in [4.78, 5) is 0. The highest BCUT2D eigenvalue weighted by Crippen LogP contribution is 2.56. The lowest BCUT2D eigenvalue weighted by atomic mass is 9.72. The van der Waals surface area contributed by atoms with Crippen LogP contribution in [0.3, 0.4) is 0 Å². The van der Waals surface area contributed by atoms with Crippen LogP contribution in [-0.2, 0) is 26.2 Å². The summed E-state index contributed by atoms with van der Waals surface area (Å²) >= 11 is 0. The molecule has 1 aliphatic heterocycles. The first-order valence-corrected chi connectivity index (χ1v) is 19.8. The van der Waals surface area contributed by atoms with Crippen molar-refractivity contribution >= 4 is 8.60 Å². The summed E-state index contributed by atoms with van der Waals surface area (Å²) in [5, 5.41) is 0. The highest BCUT2D eigenvalue weighted by atomic mass is 31.2. The zero-order valence-electron chi connectivity index (χ0n) is 32.3. The van der Waals surface area contributed by atoms with Crippen molar-refractivity contribution in [3.05, 3.63) is 57.6 Å². The Balaban J connectivity index is 2.33. The van der Waals surface area contributed by atoms with Gasteiger partial charge in [0.1, 0.15) is 11.5 Å². The second-order valence-electron chi connectivity index (χ2n) is 16.6. The molecule has 0 aliphatic carbocycles. The Bertz CT molecular complexity index is 1200. The predicted octanol–water partition coefficient (Wildman–Crippen LogP) is 14.0. The maximum Gasteiger partial charge on any atom is 0.463 e. The Labute approximate surface area is 286 Å². The average Bonchev–Trinajstić information content (AvgIpc) is 3.02. The second kappa shape index (κ2) is 15.8. The Morgan fingerprint density at radius 3 is 1.35 bits per heavy atom. The zero-order valence-corrected chi connectivity index (χ0v) is 33.2. The largest absolute Gasteiger partial charge is 0.463 e. The molecular weight excluding hydrogens is 583 g/mol. The van der Waals surface area contributed by atoms with Gasteiger partial charge in [-0.2, -0.15) is 0 Å². The quantitative estimate of drug-likeness (QED) is 0.133. The van der Waals surface area contributed by atoms with Crippen LogP contribution in [0.4, 0.5) is 0 Å². The summed E-state index contributed by atoms with van der Waals surface area (Å²) in [6.45, 7) is 33.4. The lowest BCUT2D eigenvalue weighted by Gasteiger charge is -2.38. The minimum absolute atomic E-state index is 0.0510. The molecule has 0 unspecified atom stereocenters. The minimum atomic E-state index is -1.65. The fourth-order valence-corrected chi connectivity index (χ4v) is 7.26. The number of benzene rings is 2. The van der Waals surface area contributed by atoms with Gasteiger partial charge in [-0.3, -0.25) is 4.52 Å². The molecule has 0 spiro atoms. The molecule has 2 aromatic rings. The molecule has 0 atom stereocenters. The molecule has 0 radical (unpaired) electrons. The molecule has 4 heteroatoms. The monoisotopic (exact) mass is 652 g/mol. The topological polar surface area (TPSA) is 27.7 Å². The van der Waals surface area contributed by atoms with E-state index < -0.39 is 8.60 Å². The van der Waals surface area contributed by atoms with Gasteiger partial charge in [-0.1, -0.05) is 153 Å². The maximum atomic E-state index is 7.07. The van der Waals surface area contributed by atoms with Gasteiger partial charge in [0, 0.05) is 28.2 Å². The summed E-state index contributed by atoms with van der Waals surface area (Å²) in [7, 11) is -1.65. The van der Waals surface area contributed by atoms with E-state index in [2.05, 4.69) is 121 Å². The van der Waals surface area contributed by atoms with Crippen molar-refractivity contribution < 1.29 is 13.6 Å². The number of hydrogen-bond donors (Lipinski definition) is 0. The Kier molecular flexibility index (Phi) is 13.3. The summed E-state index contributed by atoms with van der Waals surface area (Å²) < 4.78 is 20.8. The fourth-order valence-electron chi connectivity index (χ4n) is 6.14. The Morgan fingerprint density at radius 1 is 0.565 bits per heavy atom. The van der Waals surface area contributed by atoms with E-state index in [-0.39, 0.29) is 27.6 Å². The van der Waals surface area contributed by atoms with E-state index in [0.717, 1.165) is 43.6 Å². The third-order valence-corrected chi connectivity index (χ3v) is 12.8. The maximum absolute atomic E-state index is 7.07. The average molecular weight is 653 g/mol.